The zero-order chi connectivity index (χ0) is 18.0. The number of aromatic carboxylic acids is 1. The Morgan fingerprint density at radius 3 is 2.40 bits per heavy atom. The molecule has 0 aromatic heterocycles. The van der Waals surface area contributed by atoms with Gasteiger partial charge in [0.25, 0.3) is 5.91 Å². The highest BCUT2D eigenvalue weighted by atomic mass is 16.7. The number of nitrogens with one attached hydrogen (secondary N) is 1. The first-order chi connectivity index (χ1) is 12.0. The van der Waals surface area contributed by atoms with Crippen molar-refractivity contribution >= 4 is 17.6 Å². The lowest BCUT2D eigenvalue weighted by molar-refractivity contribution is -0.254. The quantitative estimate of drug-likeness (QED) is 0.864. The van der Waals surface area contributed by atoms with Crippen molar-refractivity contribution in [2.45, 2.75) is 0 Å². The van der Waals surface area contributed by atoms with E-state index in [2.05, 4.69) is 5.32 Å². The average Bonchev–Trinajstić information content (AvgIpc) is 3.07. The second kappa shape index (κ2) is 6.60. The van der Waals surface area contributed by atoms with Crippen molar-refractivity contribution in [1.29, 1.82) is 0 Å². The Morgan fingerprint density at radius 1 is 1.04 bits per heavy atom. The number of carbonyl (C=O) groups is 2. The summed E-state index contributed by atoms with van der Waals surface area (Å²) in [5, 5.41) is 13.9. The molecular formula is C17H14NO7-. The molecule has 25 heavy (non-hydrogen) atoms. The number of hydrogen-bond acceptors (Lipinski definition) is 7. The maximum Gasteiger partial charge on any atom is 0.259 e. The molecule has 0 aliphatic carbocycles. The molecule has 0 saturated heterocycles. The monoisotopic (exact) mass is 344 g/mol. The zero-order valence-electron chi connectivity index (χ0n) is 13.5. The minimum Gasteiger partial charge on any atom is -0.545 e. The molecule has 8 heteroatoms. The van der Waals surface area contributed by atoms with Crippen LogP contribution in [0, 0.1) is 0 Å². The van der Waals surface area contributed by atoms with E-state index >= 15 is 0 Å². The van der Waals surface area contributed by atoms with Crippen molar-refractivity contribution in [3.8, 4) is 23.0 Å². The fraction of sp³-hybridized carbons (Fsp3) is 0.176. The number of amides is 1. The maximum atomic E-state index is 12.6. The normalized spacial score (nSPS) is 11.8. The lowest BCUT2D eigenvalue weighted by atomic mass is 10.1. The van der Waals surface area contributed by atoms with Crippen LogP contribution in [0.15, 0.2) is 30.3 Å². The minimum atomic E-state index is -1.45. The Hall–Kier alpha value is -3.42. The number of hydrogen-bond donors (Lipinski definition) is 1. The van der Waals surface area contributed by atoms with Gasteiger partial charge in [-0.15, -0.1) is 0 Å². The van der Waals surface area contributed by atoms with Gasteiger partial charge < -0.3 is 34.2 Å². The van der Waals surface area contributed by atoms with E-state index < -0.39 is 11.9 Å². The lowest BCUT2D eigenvalue weighted by Crippen LogP contribution is -2.25. The first-order valence-electron chi connectivity index (χ1n) is 7.22. The van der Waals surface area contributed by atoms with Crippen LogP contribution >= 0.6 is 0 Å². The molecule has 1 amide bonds. The van der Waals surface area contributed by atoms with Crippen LogP contribution in [0.5, 0.6) is 23.0 Å². The molecular weight excluding hydrogens is 330 g/mol. The van der Waals surface area contributed by atoms with Gasteiger partial charge in [0.15, 0.2) is 11.5 Å². The van der Waals surface area contributed by atoms with Crippen LogP contribution in [-0.4, -0.2) is 32.9 Å². The van der Waals surface area contributed by atoms with E-state index in [9.17, 15) is 14.7 Å². The molecule has 0 bridgehead atoms. The van der Waals surface area contributed by atoms with Gasteiger partial charge in [-0.1, -0.05) is 0 Å². The molecule has 3 rings (SSSR count). The summed E-state index contributed by atoms with van der Waals surface area (Å²) in [4.78, 5) is 23.9. The highest BCUT2D eigenvalue weighted by molar-refractivity contribution is 6.09. The van der Waals surface area contributed by atoms with Crippen LogP contribution in [0.25, 0.3) is 0 Å². The number of anilines is 1. The van der Waals surface area contributed by atoms with Gasteiger partial charge in [-0.3, -0.25) is 4.79 Å². The van der Waals surface area contributed by atoms with Crippen molar-refractivity contribution in [2.24, 2.45) is 0 Å². The number of carboxylic acids is 1. The van der Waals surface area contributed by atoms with Crippen molar-refractivity contribution < 1.29 is 33.6 Å². The summed E-state index contributed by atoms with van der Waals surface area (Å²) in [5.74, 6) is -0.586. The third-order valence-electron chi connectivity index (χ3n) is 3.63. The topological polar surface area (TPSA) is 106 Å². The molecule has 1 aliphatic rings. The average molecular weight is 344 g/mol. The molecule has 0 saturated carbocycles. The van der Waals surface area contributed by atoms with Crippen LogP contribution < -0.4 is 29.4 Å². The zero-order valence-corrected chi connectivity index (χ0v) is 13.5. The molecule has 1 heterocycles. The fourth-order valence-corrected chi connectivity index (χ4v) is 2.39. The molecule has 130 valence electrons. The highest BCUT2D eigenvalue weighted by Crippen LogP contribution is 2.37. The minimum absolute atomic E-state index is 0.0223. The predicted molar refractivity (Wildman–Crippen MR) is 84.4 cm³/mol. The van der Waals surface area contributed by atoms with E-state index in [0.717, 1.165) is 0 Å². The molecule has 1 N–H and O–H groups in total. The molecule has 0 radical (unpaired) electrons. The molecule has 0 fully saturated rings. The van der Waals surface area contributed by atoms with E-state index in [1.807, 2.05) is 0 Å². The predicted octanol–water partition coefficient (Wildman–Crippen LogP) is 1.05. The molecule has 8 nitrogen and oxygen atoms in total. The van der Waals surface area contributed by atoms with E-state index in [4.69, 9.17) is 18.9 Å². The van der Waals surface area contributed by atoms with Gasteiger partial charge in [0.05, 0.1) is 31.4 Å². The molecule has 1 aliphatic heterocycles. The van der Waals surface area contributed by atoms with Gasteiger partial charge in [0.2, 0.25) is 6.79 Å². The smallest absolute Gasteiger partial charge is 0.259 e. The number of benzene rings is 2. The third kappa shape index (κ3) is 3.14. The summed E-state index contributed by atoms with van der Waals surface area (Å²) in [6, 6.07) is 7.28. The number of carboxylic acid groups (broad SMARTS) is 1. The van der Waals surface area contributed by atoms with Gasteiger partial charge in [-0.25, -0.2) is 0 Å². The lowest BCUT2D eigenvalue weighted by Gasteiger charge is -2.14. The van der Waals surface area contributed by atoms with Crippen LogP contribution in [0.4, 0.5) is 5.69 Å². The summed E-state index contributed by atoms with van der Waals surface area (Å²) < 4.78 is 20.6. The van der Waals surface area contributed by atoms with Crippen molar-refractivity contribution in [3.05, 3.63) is 41.5 Å². The standard InChI is InChI=1S/C17H15NO7/c1-22-9-3-4-10(13(5-9)23-2)16(19)18-12-7-15-14(24-8-25-15)6-11(12)17(20)21/h3-7H,8H2,1-2H3,(H,18,19)(H,20,21)/p-1. The number of ether oxygens (including phenoxy) is 4. The molecule has 0 spiro atoms. The van der Waals surface area contributed by atoms with Gasteiger partial charge in [-0.05, 0) is 18.2 Å². The summed E-state index contributed by atoms with van der Waals surface area (Å²) in [6.45, 7) is -0.0223. The fourth-order valence-electron chi connectivity index (χ4n) is 2.39. The molecule has 0 unspecified atom stereocenters. The van der Waals surface area contributed by atoms with E-state index in [-0.39, 0.29) is 35.1 Å². The van der Waals surface area contributed by atoms with Gasteiger partial charge in [0.1, 0.15) is 11.5 Å². The van der Waals surface area contributed by atoms with E-state index in [1.165, 1.54) is 32.4 Å². The number of carbonyl (C=O) groups excluding carboxylic acids is 2. The molecule has 0 atom stereocenters. The van der Waals surface area contributed by atoms with Crippen molar-refractivity contribution in [3.63, 3.8) is 0 Å². The van der Waals surface area contributed by atoms with Gasteiger partial charge in [0, 0.05) is 17.7 Å². The second-order valence-corrected chi connectivity index (χ2v) is 5.06. The van der Waals surface area contributed by atoms with Crippen molar-refractivity contribution in [1.82, 2.24) is 0 Å². The van der Waals surface area contributed by atoms with Crippen LogP contribution in [0.1, 0.15) is 20.7 Å². The maximum absolute atomic E-state index is 12.6. The Labute approximate surface area is 142 Å². The highest BCUT2D eigenvalue weighted by Gasteiger charge is 2.20. The van der Waals surface area contributed by atoms with Crippen LogP contribution in [0.3, 0.4) is 0 Å². The van der Waals surface area contributed by atoms with Crippen molar-refractivity contribution in [2.75, 3.05) is 26.3 Å². The molecule has 2 aromatic rings. The first-order valence-corrected chi connectivity index (χ1v) is 7.22. The Morgan fingerprint density at radius 2 is 1.76 bits per heavy atom. The molecule has 2 aromatic carbocycles. The summed E-state index contributed by atoms with van der Waals surface area (Å²) in [6.07, 6.45) is 0. The Balaban J connectivity index is 1.95. The number of rotatable bonds is 5. The largest absolute Gasteiger partial charge is 0.545 e. The van der Waals surface area contributed by atoms with Crippen LogP contribution in [0.2, 0.25) is 0 Å². The Bertz CT molecular complexity index is 847. The van der Waals surface area contributed by atoms with E-state index in [1.54, 1.807) is 12.1 Å². The summed E-state index contributed by atoms with van der Waals surface area (Å²) in [7, 11) is 2.91. The third-order valence-corrected chi connectivity index (χ3v) is 3.63. The SMILES string of the molecule is COc1ccc(C(=O)Nc2cc3c(cc2C(=O)[O-])OCO3)c(OC)c1. The van der Waals surface area contributed by atoms with E-state index in [0.29, 0.717) is 11.5 Å². The summed E-state index contributed by atoms with van der Waals surface area (Å²) in [5.41, 5.74) is 0.0301. The van der Waals surface area contributed by atoms with Crippen LogP contribution in [-0.2, 0) is 0 Å². The Kier molecular flexibility index (Phi) is 4.34. The van der Waals surface area contributed by atoms with Gasteiger partial charge >= 0.3 is 0 Å². The number of methoxy groups -OCH3 is 2. The number of fused-ring (bicyclic) bond motifs is 1. The second-order valence-electron chi connectivity index (χ2n) is 5.06. The van der Waals surface area contributed by atoms with Gasteiger partial charge in [-0.2, -0.15) is 0 Å². The first kappa shape index (κ1) is 16.4. The summed E-state index contributed by atoms with van der Waals surface area (Å²) >= 11 is 0.